The van der Waals surface area contributed by atoms with Crippen molar-refractivity contribution in [3.8, 4) is 22.3 Å². The Labute approximate surface area is 244 Å². The quantitative estimate of drug-likeness (QED) is 0.217. The average Bonchev–Trinajstić information content (AvgIpc) is 3.42. The van der Waals surface area contributed by atoms with Gasteiger partial charge in [-0.1, -0.05) is 115 Å². The number of furan rings is 1. The van der Waals surface area contributed by atoms with Gasteiger partial charge in [0.15, 0.2) is 0 Å². The third kappa shape index (κ3) is 4.22. The molecule has 2 heteroatoms. The number of rotatable bonds is 5. The molecule has 0 bridgehead atoms. The van der Waals surface area contributed by atoms with Gasteiger partial charge in [-0.25, -0.2) is 0 Å². The Kier molecular flexibility index (Phi) is 5.82. The molecule has 0 aliphatic heterocycles. The van der Waals surface area contributed by atoms with E-state index in [0.29, 0.717) is 0 Å². The first kappa shape index (κ1) is 24.2. The lowest BCUT2D eigenvalue weighted by molar-refractivity contribution is 0.669. The van der Waals surface area contributed by atoms with E-state index in [1.807, 2.05) is 0 Å². The van der Waals surface area contributed by atoms with E-state index in [1.54, 1.807) is 0 Å². The zero-order valence-corrected chi connectivity index (χ0v) is 22.9. The summed E-state index contributed by atoms with van der Waals surface area (Å²) >= 11 is 0. The summed E-state index contributed by atoms with van der Waals surface area (Å²) in [5, 5.41) is 4.62. The number of fused-ring (bicyclic) bond motifs is 4. The smallest absolute Gasteiger partial charge is 0.136 e. The van der Waals surface area contributed by atoms with Gasteiger partial charge in [-0.15, -0.1) is 0 Å². The molecule has 0 unspecified atom stereocenters. The van der Waals surface area contributed by atoms with Gasteiger partial charge in [0.2, 0.25) is 0 Å². The molecular formula is C40H27NO. The fourth-order valence-corrected chi connectivity index (χ4v) is 5.98. The lowest BCUT2D eigenvalue weighted by atomic mass is 10.0. The second kappa shape index (κ2) is 10.1. The molecular weight excluding hydrogens is 510 g/mol. The summed E-state index contributed by atoms with van der Waals surface area (Å²) in [4.78, 5) is 2.36. The third-order valence-electron chi connectivity index (χ3n) is 8.04. The number of para-hydroxylation sites is 1. The summed E-state index contributed by atoms with van der Waals surface area (Å²) in [6.07, 6.45) is 0. The number of anilines is 3. The fraction of sp³-hybridized carbons (Fsp3) is 0. The van der Waals surface area contributed by atoms with Gasteiger partial charge in [0.25, 0.3) is 0 Å². The monoisotopic (exact) mass is 537 g/mol. The zero-order valence-electron chi connectivity index (χ0n) is 22.9. The van der Waals surface area contributed by atoms with Gasteiger partial charge in [-0.05, 0) is 76.0 Å². The molecule has 1 aromatic heterocycles. The Balaban J connectivity index is 1.34. The maximum Gasteiger partial charge on any atom is 0.136 e. The summed E-state index contributed by atoms with van der Waals surface area (Å²) in [6.45, 7) is 0. The van der Waals surface area contributed by atoms with Crippen LogP contribution in [0.2, 0.25) is 0 Å². The third-order valence-corrected chi connectivity index (χ3v) is 8.04. The SMILES string of the molecule is c1ccc(-c2ccc(N(c3ccc4oc5cc6ccccc6cc5c4c3)c3ccccc3-c3ccccc3)cc2)cc1. The molecule has 0 saturated heterocycles. The molecule has 0 amide bonds. The van der Waals surface area contributed by atoms with Crippen LogP contribution in [0.1, 0.15) is 0 Å². The van der Waals surface area contributed by atoms with E-state index in [9.17, 15) is 0 Å². The van der Waals surface area contributed by atoms with Crippen LogP contribution in [0.4, 0.5) is 17.1 Å². The van der Waals surface area contributed by atoms with Crippen molar-refractivity contribution in [2.75, 3.05) is 4.90 Å². The zero-order chi connectivity index (χ0) is 27.9. The highest BCUT2D eigenvalue weighted by Crippen LogP contribution is 2.43. The van der Waals surface area contributed by atoms with Crippen molar-refractivity contribution in [2.24, 2.45) is 0 Å². The molecule has 2 nitrogen and oxygen atoms in total. The lowest BCUT2D eigenvalue weighted by Gasteiger charge is -2.28. The van der Waals surface area contributed by atoms with Crippen molar-refractivity contribution in [2.45, 2.75) is 0 Å². The first-order valence-corrected chi connectivity index (χ1v) is 14.3. The van der Waals surface area contributed by atoms with Gasteiger partial charge in [-0.3, -0.25) is 0 Å². The molecule has 0 fully saturated rings. The van der Waals surface area contributed by atoms with E-state index < -0.39 is 0 Å². The molecule has 0 N–H and O–H groups in total. The van der Waals surface area contributed by atoms with Crippen molar-refractivity contribution in [1.29, 1.82) is 0 Å². The van der Waals surface area contributed by atoms with Crippen LogP contribution in [0.3, 0.4) is 0 Å². The highest BCUT2D eigenvalue weighted by atomic mass is 16.3. The van der Waals surface area contributed by atoms with Crippen LogP contribution in [0, 0.1) is 0 Å². The van der Waals surface area contributed by atoms with Gasteiger partial charge in [0, 0.05) is 27.7 Å². The largest absolute Gasteiger partial charge is 0.456 e. The summed E-state index contributed by atoms with van der Waals surface area (Å²) in [5.74, 6) is 0. The van der Waals surface area contributed by atoms with E-state index in [0.717, 1.165) is 39.0 Å². The van der Waals surface area contributed by atoms with Gasteiger partial charge in [-0.2, -0.15) is 0 Å². The summed E-state index contributed by atoms with van der Waals surface area (Å²) < 4.78 is 6.35. The van der Waals surface area contributed by atoms with Crippen molar-refractivity contribution in [1.82, 2.24) is 0 Å². The Morgan fingerprint density at radius 3 is 1.71 bits per heavy atom. The van der Waals surface area contributed by atoms with Gasteiger partial charge >= 0.3 is 0 Å². The first-order chi connectivity index (χ1) is 20.8. The van der Waals surface area contributed by atoms with E-state index in [-0.39, 0.29) is 0 Å². The highest BCUT2D eigenvalue weighted by Gasteiger charge is 2.19. The van der Waals surface area contributed by atoms with Crippen LogP contribution in [0.5, 0.6) is 0 Å². The molecule has 7 aromatic carbocycles. The van der Waals surface area contributed by atoms with Crippen LogP contribution < -0.4 is 4.90 Å². The van der Waals surface area contributed by atoms with E-state index in [1.165, 1.54) is 33.0 Å². The first-order valence-electron chi connectivity index (χ1n) is 14.3. The Morgan fingerprint density at radius 2 is 0.952 bits per heavy atom. The Morgan fingerprint density at radius 1 is 0.381 bits per heavy atom. The summed E-state index contributed by atoms with van der Waals surface area (Å²) in [6, 6.07) is 58.0. The van der Waals surface area contributed by atoms with E-state index in [4.69, 9.17) is 4.42 Å². The van der Waals surface area contributed by atoms with E-state index in [2.05, 4.69) is 169 Å². The molecule has 8 aromatic rings. The van der Waals surface area contributed by atoms with Crippen molar-refractivity contribution in [3.05, 3.63) is 164 Å². The van der Waals surface area contributed by atoms with Gasteiger partial charge < -0.3 is 9.32 Å². The molecule has 0 radical (unpaired) electrons. The normalized spacial score (nSPS) is 11.3. The van der Waals surface area contributed by atoms with Crippen LogP contribution in [-0.2, 0) is 0 Å². The minimum absolute atomic E-state index is 0.889. The summed E-state index contributed by atoms with van der Waals surface area (Å²) in [7, 11) is 0. The van der Waals surface area contributed by atoms with Crippen molar-refractivity contribution < 1.29 is 4.42 Å². The number of hydrogen-bond acceptors (Lipinski definition) is 2. The molecule has 0 aliphatic carbocycles. The standard InChI is InChI=1S/C40H27NO/c1-3-11-28(12-4-1)29-19-21-33(22-20-29)41(38-18-10-9-17-35(38)30-13-5-2-6-14-30)34-23-24-39-37(27-34)36-25-31-15-7-8-16-32(31)26-40(36)42-39/h1-27H. The maximum absolute atomic E-state index is 6.35. The lowest BCUT2D eigenvalue weighted by Crippen LogP contribution is -2.11. The second-order valence-corrected chi connectivity index (χ2v) is 10.6. The molecule has 42 heavy (non-hydrogen) atoms. The maximum atomic E-state index is 6.35. The molecule has 1 heterocycles. The molecule has 0 spiro atoms. The predicted octanol–water partition coefficient (Wildman–Crippen LogP) is 11.5. The Hall–Kier alpha value is -5.60. The number of nitrogens with zero attached hydrogens (tertiary/aromatic N) is 1. The van der Waals surface area contributed by atoms with Crippen LogP contribution in [0.15, 0.2) is 168 Å². The summed E-state index contributed by atoms with van der Waals surface area (Å²) in [5.41, 5.74) is 9.84. The minimum Gasteiger partial charge on any atom is -0.456 e. The highest BCUT2D eigenvalue weighted by molar-refractivity contribution is 6.11. The van der Waals surface area contributed by atoms with Crippen molar-refractivity contribution >= 4 is 49.8 Å². The van der Waals surface area contributed by atoms with Crippen molar-refractivity contribution in [3.63, 3.8) is 0 Å². The fourth-order valence-electron chi connectivity index (χ4n) is 5.98. The van der Waals surface area contributed by atoms with Crippen LogP contribution in [-0.4, -0.2) is 0 Å². The average molecular weight is 538 g/mol. The predicted molar refractivity (Wildman–Crippen MR) is 177 cm³/mol. The number of hydrogen-bond donors (Lipinski definition) is 0. The van der Waals surface area contributed by atoms with Gasteiger partial charge in [0.1, 0.15) is 11.2 Å². The van der Waals surface area contributed by atoms with Gasteiger partial charge in [0.05, 0.1) is 5.69 Å². The molecule has 0 saturated carbocycles. The molecule has 0 atom stereocenters. The molecule has 8 rings (SSSR count). The number of benzene rings is 7. The second-order valence-electron chi connectivity index (χ2n) is 10.6. The molecule has 198 valence electrons. The van der Waals surface area contributed by atoms with Crippen LogP contribution >= 0.6 is 0 Å². The van der Waals surface area contributed by atoms with Crippen LogP contribution in [0.25, 0.3) is 55.0 Å². The van der Waals surface area contributed by atoms with E-state index >= 15 is 0 Å². The topological polar surface area (TPSA) is 16.4 Å². The molecule has 0 aliphatic rings. The minimum atomic E-state index is 0.889. The Bertz CT molecular complexity index is 2180.